The second-order valence-corrected chi connectivity index (χ2v) is 8.59. The number of aromatic nitrogens is 4. The van der Waals surface area contributed by atoms with Gasteiger partial charge in [0.2, 0.25) is 5.91 Å². The standard InChI is InChI=1S/C24H22N6O2S/c1-16-8-10-20(11-9-16)30-21(18-12-14-25-15-13-18)28-29-24(30)33-17(2)22(31)27-23(32)26-19-6-4-3-5-7-19/h3-15,17H,1-2H3,(H2,26,27,31,32). The molecule has 33 heavy (non-hydrogen) atoms. The highest BCUT2D eigenvalue weighted by Crippen LogP contribution is 2.30. The number of para-hydroxylation sites is 1. The van der Waals surface area contributed by atoms with Gasteiger partial charge in [-0.2, -0.15) is 0 Å². The number of imide groups is 1. The molecule has 0 radical (unpaired) electrons. The van der Waals surface area contributed by atoms with Crippen molar-refractivity contribution in [1.29, 1.82) is 0 Å². The fourth-order valence-corrected chi connectivity index (χ4v) is 3.94. The molecule has 0 bridgehead atoms. The van der Waals surface area contributed by atoms with Gasteiger partial charge in [0.1, 0.15) is 0 Å². The Bertz CT molecular complexity index is 1240. The van der Waals surface area contributed by atoms with E-state index in [1.807, 2.05) is 54.0 Å². The van der Waals surface area contributed by atoms with E-state index in [2.05, 4.69) is 25.8 Å². The van der Waals surface area contributed by atoms with Crippen LogP contribution in [0.5, 0.6) is 0 Å². The number of anilines is 1. The van der Waals surface area contributed by atoms with Crippen molar-refractivity contribution in [2.24, 2.45) is 0 Å². The lowest BCUT2D eigenvalue weighted by Gasteiger charge is -2.14. The number of benzene rings is 2. The molecule has 4 rings (SSSR count). The number of nitrogens with zero attached hydrogens (tertiary/aromatic N) is 4. The van der Waals surface area contributed by atoms with Gasteiger partial charge in [-0.25, -0.2) is 4.79 Å². The molecular formula is C24H22N6O2S. The van der Waals surface area contributed by atoms with Crippen LogP contribution in [-0.4, -0.2) is 36.9 Å². The Morgan fingerprint density at radius 2 is 1.64 bits per heavy atom. The van der Waals surface area contributed by atoms with Crippen molar-refractivity contribution >= 4 is 29.4 Å². The molecule has 0 aliphatic heterocycles. The molecule has 1 unspecified atom stereocenters. The van der Waals surface area contributed by atoms with Crippen LogP contribution in [0.2, 0.25) is 0 Å². The second kappa shape index (κ2) is 10.1. The number of carbonyl (C=O) groups excluding carboxylic acids is 2. The number of pyridine rings is 1. The van der Waals surface area contributed by atoms with Crippen LogP contribution in [0.25, 0.3) is 17.1 Å². The summed E-state index contributed by atoms with van der Waals surface area (Å²) in [5.41, 5.74) is 3.45. The summed E-state index contributed by atoms with van der Waals surface area (Å²) in [6.45, 7) is 3.73. The Hall–Kier alpha value is -3.98. The van der Waals surface area contributed by atoms with Gasteiger partial charge < -0.3 is 5.32 Å². The first kappa shape index (κ1) is 22.2. The topological polar surface area (TPSA) is 102 Å². The van der Waals surface area contributed by atoms with Crippen LogP contribution in [0.3, 0.4) is 0 Å². The smallest absolute Gasteiger partial charge is 0.308 e. The molecule has 9 heteroatoms. The number of thioether (sulfide) groups is 1. The van der Waals surface area contributed by atoms with Crippen LogP contribution in [0.4, 0.5) is 10.5 Å². The summed E-state index contributed by atoms with van der Waals surface area (Å²) in [6, 6.07) is 20.0. The summed E-state index contributed by atoms with van der Waals surface area (Å²) in [4.78, 5) is 28.9. The number of amides is 3. The minimum atomic E-state index is -0.592. The number of hydrogen-bond acceptors (Lipinski definition) is 6. The van der Waals surface area contributed by atoms with Gasteiger partial charge in [0.15, 0.2) is 11.0 Å². The van der Waals surface area contributed by atoms with Crippen molar-refractivity contribution in [3.63, 3.8) is 0 Å². The first-order valence-corrected chi connectivity index (χ1v) is 11.2. The molecule has 2 aromatic carbocycles. The van der Waals surface area contributed by atoms with Crippen LogP contribution in [-0.2, 0) is 4.79 Å². The Kier molecular flexibility index (Phi) is 6.80. The quantitative estimate of drug-likeness (QED) is 0.414. The molecule has 1 atom stereocenters. The highest BCUT2D eigenvalue weighted by atomic mass is 32.2. The molecule has 4 aromatic rings. The molecule has 0 aliphatic carbocycles. The summed E-state index contributed by atoms with van der Waals surface area (Å²) in [5.74, 6) is 0.204. The number of aryl methyl sites for hydroxylation is 1. The van der Waals surface area contributed by atoms with E-state index < -0.39 is 17.2 Å². The lowest BCUT2D eigenvalue weighted by Crippen LogP contribution is -2.38. The third-order valence-electron chi connectivity index (χ3n) is 4.78. The van der Waals surface area contributed by atoms with E-state index in [1.165, 1.54) is 11.8 Å². The Morgan fingerprint density at radius 3 is 2.33 bits per heavy atom. The first-order chi connectivity index (χ1) is 16.0. The highest BCUT2D eigenvalue weighted by molar-refractivity contribution is 8.00. The van der Waals surface area contributed by atoms with E-state index in [-0.39, 0.29) is 0 Å². The molecule has 0 saturated carbocycles. The van der Waals surface area contributed by atoms with E-state index >= 15 is 0 Å². The average molecular weight is 459 g/mol. The predicted octanol–water partition coefficient (Wildman–Crippen LogP) is 4.47. The summed E-state index contributed by atoms with van der Waals surface area (Å²) >= 11 is 1.22. The molecule has 3 amide bonds. The lowest BCUT2D eigenvalue weighted by atomic mass is 10.2. The molecule has 2 N–H and O–H groups in total. The molecule has 166 valence electrons. The summed E-state index contributed by atoms with van der Waals surface area (Å²) < 4.78 is 1.90. The van der Waals surface area contributed by atoms with Gasteiger partial charge in [0, 0.05) is 29.3 Å². The van der Waals surface area contributed by atoms with Gasteiger partial charge in [-0.3, -0.25) is 19.7 Å². The van der Waals surface area contributed by atoms with E-state index in [9.17, 15) is 9.59 Å². The molecule has 0 spiro atoms. The average Bonchev–Trinajstić information content (AvgIpc) is 3.24. The van der Waals surface area contributed by atoms with Crippen molar-refractivity contribution in [1.82, 2.24) is 25.1 Å². The van der Waals surface area contributed by atoms with Gasteiger partial charge in [-0.15, -0.1) is 10.2 Å². The van der Waals surface area contributed by atoms with Crippen LogP contribution in [0, 0.1) is 6.92 Å². The third-order valence-corrected chi connectivity index (χ3v) is 5.83. The maximum Gasteiger partial charge on any atom is 0.325 e. The molecular weight excluding hydrogens is 436 g/mol. The van der Waals surface area contributed by atoms with Gasteiger partial charge >= 0.3 is 6.03 Å². The van der Waals surface area contributed by atoms with Crippen molar-refractivity contribution in [2.45, 2.75) is 24.3 Å². The van der Waals surface area contributed by atoms with Gasteiger partial charge in [0.25, 0.3) is 0 Å². The largest absolute Gasteiger partial charge is 0.325 e. The van der Waals surface area contributed by atoms with Gasteiger partial charge in [-0.1, -0.05) is 47.7 Å². The zero-order valence-corrected chi connectivity index (χ0v) is 18.9. The van der Waals surface area contributed by atoms with Crippen molar-refractivity contribution in [3.8, 4) is 17.1 Å². The van der Waals surface area contributed by atoms with Crippen molar-refractivity contribution < 1.29 is 9.59 Å². The maximum absolute atomic E-state index is 12.7. The Balaban J connectivity index is 1.54. The minimum absolute atomic E-state index is 0.433. The van der Waals surface area contributed by atoms with Crippen LogP contribution in [0.15, 0.2) is 84.3 Å². The van der Waals surface area contributed by atoms with Crippen LogP contribution < -0.4 is 10.6 Å². The molecule has 0 saturated heterocycles. The second-order valence-electron chi connectivity index (χ2n) is 7.28. The van der Waals surface area contributed by atoms with E-state index in [0.717, 1.165) is 16.8 Å². The van der Waals surface area contributed by atoms with E-state index in [4.69, 9.17) is 0 Å². The molecule has 0 aliphatic rings. The molecule has 2 aromatic heterocycles. The van der Waals surface area contributed by atoms with E-state index in [0.29, 0.717) is 16.7 Å². The normalized spacial score (nSPS) is 11.6. The Labute approximate surface area is 195 Å². The minimum Gasteiger partial charge on any atom is -0.308 e. The monoisotopic (exact) mass is 458 g/mol. The zero-order chi connectivity index (χ0) is 23.2. The van der Waals surface area contributed by atoms with Crippen LogP contribution in [0.1, 0.15) is 12.5 Å². The fraction of sp³-hybridized carbons (Fsp3) is 0.125. The fourth-order valence-electron chi connectivity index (χ4n) is 3.07. The van der Waals surface area contributed by atoms with Gasteiger partial charge in [0.05, 0.1) is 5.25 Å². The van der Waals surface area contributed by atoms with E-state index in [1.54, 1.807) is 43.6 Å². The molecule has 8 nitrogen and oxygen atoms in total. The molecule has 2 heterocycles. The summed E-state index contributed by atoms with van der Waals surface area (Å²) in [6.07, 6.45) is 3.38. The van der Waals surface area contributed by atoms with Crippen LogP contribution >= 0.6 is 11.8 Å². The predicted molar refractivity (Wildman–Crippen MR) is 128 cm³/mol. The number of nitrogens with one attached hydrogen (secondary N) is 2. The Morgan fingerprint density at radius 1 is 0.939 bits per heavy atom. The van der Waals surface area contributed by atoms with Crippen molar-refractivity contribution in [2.75, 3.05) is 5.32 Å². The lowest BCUT2D eigenvalue weighted by molar-refractivity contribution is -0.119. The summed E-state index contributed by atoms with van der Waals surface area (Å²) in [5, 5.41) is 13.7. The SMILES string of the molecule is Cc1ccc(-n2c(SC(C)C(=O)NC(=O)Nc3ccccc3)nnc2-c2ccncc2)cc1. The number of urea groups is 1. The van der Waals surface area contributed by atoms with Gasteiger partial charge in [-0.05, 0) is 50.2 Å². The third kappa shape index (κ3) is 5.45. The summed E-state index contributed by atoms with van der Waals surface area (Å²) in [7, 11) is 0. The number of hydrogen-bond donors (Lipinski definition) is 2. The first-order valence-electron chi connectivity index (χ1n) is 10.3. The molecule has 0 fully saturated rings. The number of carbonyl (C=O) groups is 2. The number of rotatable bonds is 6. The highest BCUT2D eigenvalue weighted by Gasteiger charge is 2.23. The van der Waals surface area contributed by atoms with Crippen molar-refractivity contribution in [3.05, 3.63) is 84.7 Å². The maximum atomic E-state index is 12.7. The zero-order valence-electron chi connectivity index (χ0n) is 18.1.